The number of hydrogen-bond acceptors (Lipinski definition) is 2. The summed E-state index contributed by atoms with van der Waals surface area (Å²) in [5.41, 5.74) is 1.15. The molecule has 2 unspecified atom stereocenters. The highest BCUT2D eigenvalue weighted by atomic mass is 79.9. The van der Waals surface area contributed by atoms with Gasteiger partial charge in [0.1, 0.15) is 5.75 Å². The lowest BCUT2D eigenvalue weighted by molar-refractivity contribution is -0.127. The molecule has 0 aliphatic rings. The minimum atomic E-state index is -0.502. The van der Waals surface area contributed by atoms with Gasteiger partial charge in [-0.25, -0.2) is 0 Å². The fraction of sp³-hybridized carbons (Fsp3) is 0.533. The van der Waals surface area contributed by atoms with Gasteiger partial charge in [-0.1, -0.05) is 19.4 Å². The van der Waals surface area contributed by atoms with E-state index in [4.69, 9.17) is 4.74 Å². The van der Waals surface area contributed by atoms with Gasteiger partial charge in [-0.05, 0) is 60.8 Å². The molecular weight excluding hydrogens is 306 g/mol. The van der Waals surface area contributed by atoms with E-state index in [2.05, 4.69) is 28.2 Å². The van der Waals surface area contributed by atoms with Crippen LogP contribution in [0.2, 0.25) is 0 Å². The molecule has 0 heterocycles. The van der Waals surface area contributed by atoms with Gasteiger partial charge in [-0.15, -0.1) is 0 Å². The molecule has 0 fully saturated rings. The minimum absolute atomic E-state index is 0.0755. The smallest absolute Gasteiger partial charge is 0.260 e. The molecule has 1 rings (SSSR count). The zero-order chi connectivity index (χ0) is 14.4. The fourth-order valence-electron chi connectivity index (χ4n) is 1.81. The van der Waals surface area contributed by atoms with E-state index in [0.29, 0.717) is 5.75 Å². The van der Waals surface area contributed by atoms with Crippen molar-refractivity contribution >= 4 is 21.8 Å². The molecule has 4 heteroatoms. The van der Waals surface area contributed by atoms with Gasteiger partial charge in [-0.3, -0.25) is 4.79 Å². The average Bonchev–Trinajstić information content (AvgIpc) is 2.32. The molecule has 1 N–H and O–H groups in total. The summed E-state index contributed by atoms with van der Waals surface area (Å²) in [6.45, 7) is 7.89. The Morgan fingerprint density at radius 1 is 1.42 bits per heavy atom. The van der Waals surface area contributed by atoms with E-state index in [1.54, 1.807) is 6.92 Å². The maximum absolute atomic E-state index is 12.0. The zero-order valence-corrected chi connectivity index (χ0v) is 13.6. The third kappa shape index (κ3) is 5.23. The van der Waals surface area contributed by atoms with Gasteiger partial charge in [0, 0.05) is 6.04 Å². The van der Waals surface area contributed by atoms with Gasteiger partial charge >= 0.3 is 0 Å². The van der Waals surface area contributed by atoms with Crippen molar-refractivity contribution in [2.45, 2.75) is 52.7 Å². The highest BCUT2D eigenvalue weighted by Crippen LogP contribution is 2.26. The first-order valence-corrected chi connectivity index (χ1v) is 7.46. The molecule has 0 aromatic heterocycles. The third-order valence-corrected chi connectivity index (χ3v) is 3.49. The van der Waals surface area contributed by atoms with Crippen molar-refractivity contribution in [3.63, 3.8) is 0 Å². The lowest BCUT2D eigenvalue weighted by atomic mass is 10.2. The SMILES string of the molecule is CCCC(C)NC(=O)C(C)Oc1ccc(C)cc1Br. The second-order valence-electron chi connectivity index (χ2n) is 4.89. The molecule has 0 spiro atoms. The summed E-state index contributed by atoms with van der Waals surface area (Å²) >= 11 is 3.44. The first-order valence-electron chi connectivity index (χ1n) is 6.67. The number of carbonyl (C=O) groups excluding carboxylic acids is 1. The van der Waals surface area contributed by atoms with Crippen LogP contribution in [0, 0.1) is 6.92 Å². The minimum Gasteiger partial charge on any atom is -0.480 e. The predicted octanol–water partition coefficient (Wildman–Crippen LogP) is 3.83. The van der Waals surface area contributed by atoms with E-state index < -0.39 is 6.10 Å². The topological polar surface area (TPSA) is 38.3 Å². The standard InChI is InChI=1S/C15H22BrNO2/c1-5-6-11(3)17-15(18)12(4)19-14-8-7-10(2)9-13(14)16/h7-9,11-12H,5-6H2,1-4H3,(H,17,18). The molecular formula is C15H22BrNO2. The lowest BCUT2D eigenvalue weighted by Gasteiger charge is -2.19. The number of hydrogen-bond donors (Lipinski definition) is 1. The van der Waals surface area contributed by atoms with Crippen molar-refractivity contribution in [3.8, 4) is 5.75 Å². The normalized spacial score (nSPS) is 13.7. The molecule has 0 aliphatic carbocycles. The Morgan fingerprint density at radius 2 is 2.11 bits per heavy atom. The van der Waals surface area contributed by atoms with Crippen LogP contribution in [0.1, 0.15) is 39.2 Å². The lowest BCUT2D eigenvalue weighted by Crippen LogP contribution is -2.41. The van der Waals surface area contributed by atoms with Gasteiger partial charge in [0.15, 0.2) is 6.10 Å². The molecule has 19 heavy (non-hydrogen) atoms. The molecule has 1 amide bonds. The molecule has 1 aromatic carbocycles. The first kappa shape index (κ1) is 16.0. The number of carbonyl (C=O) groups is 1. The molecule has 2 atom stereocenters. The third-order valence-electron chi connectivity index (χ3n) is 2.87. The van der Waals surface area contributed by atoms with E-state index in [1.807, 2.05) is 32.0 Å². The van der Waals surface area contributed by atoms with Crippen molar-refractivity contribution < 1.29 is 9.53 Å². The Labute approximate surface area is 123 Å². The van der Waals surface area contributed by atoms with Gasteiger partial charge in [0.2, 0.25) is 0 Å². The van der Waals surface area contributed by atoms with E-state index in [9.17, 15) is 4.79 Å². The van der Waals surface area contributed by atoms with Crippen LogP contribution in [0.5, 0.6) is 5.75 Å². The van der Waals surface area contributed by atoms with E-state index in [-0.39, 0.29) is 11.9 Å². The van der Waals surface area contributed by atoms with Crippen molar-refractivity contribution in [1.29, 1.82) is 0 Å². The van der Waals surface area contributed by atoms with E-state index in [0.717, 1.165) is 22.9 Å². The Bertz CT molecular complexity index is 434. The van der Waals surface area contributed by atoms with Crippen LogP contribution in [0.3, 0.4) is 0 Å². The van der Waals surface area contributed by atoms with Crippen LogP contribution in [0.4, 0.5) is 0 Å². The Kier molecular flexibility index (Phi) is 6.35. The Morgan fingerprint density at radius 3 is 2.68 bits per heavy atom. The number of ether oxygens (including phenoxy) is 1. The predicted molar refractivity (Wildman–Crippen MR) is 81.5 cm³/mol. The maximum Gasteiger partial charge on any atom is 0.260 e. The molecule has 0 saturated heterocycles. The molecule has 1 aromatic rings. The van der Waals surface area contributed by atoms with Crippen molar-refractivity contribution in [2.24, 2.45) is 0 Å². The highest BCUT2D eigenvalue weighted by molar-refractivity contribution is 9.10. The molecule has 106 valence electrons. The zero-order valence-electron chi connectivity index (χ0n) is 12.0. The molecule has 0 radical (unpaired) electrons. The highest BCUT2D eigenvalue weighted by Gasteiger charge is 2.17. The van der Waals surface area contributed by atoms with E-state index >= 15 is 0 Å². The Balaban J connectivity index is 2.58. The van der Waals surface area contributed by atoms with Gasteiger partial charge in [0.25, 0.3) is 5.91 Å². The van der Waals surface area contributed by atoms with Crippen LogP contribution in [0.15, 0.2) is 22.7 Å². The van der Waals surface area contributed by atoms with Crippen LogP contribution in [-0.2, 0) is 4.79 Å². The number of aryl methyl sites for hydroxylation is 1. The number of amides is 1. The number of nitrogens with one attached hydrogen (secondary N) is 1. The summed E-state index contributed by atoms with van der Waals surface area (Å²) in [6, 6.07) is 5.99. The number of benzene rings is 1. The second kappa shape index (κ2) is 7.53. The molecule has 0 bridgehead atoms. The summed E-state index contributed by atoms with van der Waals surface area (Å²) in [5, 5.41) is 2.95. The van der Waals surface area contributed by atoms with Crippen molar-refractivity contribution in [3.05, 3.63) is 28.2 Å². The summed E-state index contributed by atoms with van der Waals surface area (Å²) in [6.07, 6.45) is 1.53. The number of rotatable bonds is 6. The average molecular weight is 328 g/mol. The monoisotopic (exact) mass is 327 g/mol. The summed E-state index contributed by atoms with van der Waals surface area (Å²) < 4.78 is 6.55. The number of halogens is 1. The summed E-state index contributed by atoms with van der Waals surface area (Å²) in [7, 11) is 0. The quantitative estimate of drug-likeness (QED) is 0.862. The largest absolute Gasteiger partial charge is 0.480 e. The molecule has 3 nitrogen and oxygen atoms in total. The van der Waals surface area contributed by atoms with E-state index in [1.165, 1.54) is 0 Å². The van der Waals surface area contributed by atoms with Crippen molar-refractivity contribution in [1.82, 2.24) is 5.32 Å². The van der Waals surface area contributed by atoms with Crippen molar-refractivity contribution in [2.75, 3.05) is 0 Å². The van der Waals surface area contributed by atoms with Gasteiger partial charge in [0.05, 0.1) is 4.47 Å². The molecule has 0 aliphatic heterocycles. The van der Waals surface area contributed by atoms with Crippen LogP contribution in [0.25, 0.3) is 0 Å². The Hall–Kier alpha value is -1.03. The van der Waals surface area contributed by atoms with Gasteiger partial charge in [-0.2, -0.15) is 0 Å². The molecule has 0 saturated carbocycles. The summed E-state index contributed by atoms with van der Waals surface area (Å²) in [4.78, 5) is 12.0. The summed E-state index contributed by atoms with van der Waals surface area (Å²) in [5.74, 6) is 0.616. The fourth-order valence-corrected chi connectivity index (χ4v) is 2.40. The maximum atomic E-state index is 12.0. The van der Waals surface area contributed by atoms with Gasteiger partial charge < -0.3 is 10.1 Å². The van der Waals surface area contributed by atoms with Crippen LogP contribution < -0.4 is 10.1 Å². The van der Waals surface area contributed by atoms with Crippen LogP contribution in [-0.4, -0.2) is 18.1 Å². The second-order valence-corrected chi connectivity index (χ2v) is 5.75. The van der Waals surface area contributed by atoms with Crippen LogP contribution >= 0.6 is 15.9 Å². The first-order chi connectivity index (χ1) is 8.93.